The quantitative estimate of drug-likeness (QED) is 0.502. The van der Waals surface area contributed by atoms with E-state index < -0.39 is 0 Å². The Labute approximate surface area is 105 Å². The molecule has 2 aromatic rings. The highest BCUT2D eigenvalue weighted by molar-refractivity contribution is 6.33. The zero-order valence-electron chi connectivity index (χ0n) is 9.39. The molecule has 0 atom stereocenters. The number of pyridine rings is 1. The van der Waals surface area contributed by atoms with Crippen molar-refractivity contribution in [2.75, 3.05) is 0 Å². The zero-order chi connectivity index (χ0) is 12.3. The number of benzene rings is 1. The minimum absolute atomic E-state index is 0.694. The average Bonchev–Trinajstić information content (AvgIpc) is 2.30. The van der Waals surface area contributed by atoms with Crippen LogP contribution in [0.15, 0.2) is 41.5 Å². The van der Waals surface area contributed by atoms with Gasteiger partial charge in [0, 0.05) is 5.56 Å². The topological polar surface area (TPSA) is 51.3 Å². The summed E-state index contributed by atoms with van der Waals surface area (Å²) in [6.07, 6.45) is 1.51. The number of hydrogen-bond acceptors (Lipinski definition) is 3. The third-order valence-electron chi connectivity index (χ3n) is 2.46. The minimum atomic E-state index is 0.694. The van der Waals surface area contributed by atoms with Gasteiger partial charge in [0.05, 0.1) is 22.6 Å². The summed E-state index contributed by atoms with van der Waals surface area (Å²) in [5, 5.41) is 4.16. The van der Waals surface area contributed by atoms with Gasteiger partial charge in [-0.2, -0.15) is 5.10 Å². The highest BCUT2D eigenvalue weighted by Gasteiger charge is 2.07. The lowest BCUT2D eigenvalue weighted by Gasteiger charge is -2.07. The molecular formula is C13H12ClN3. The summed E-state index contributed by atoms with van der Waals surface area (Å²) in [5.74, 6) is 5.11. The molecule has 1 aromatic heterocycles. The summed E-state index contributed by atoms with van der Waals surface area (Å²) >= 11 is 6.20. The van der Waals surface area contributed by atoms with Crippen LogP contribution in [0.4, 0.5) is 0 Å². The summed E-state index contributed by atoms with van der Waals surface area (Å²) in [6, 6.07) is 11.4. The smallest absolute Gasteiger partial charge is 0.0837 e. The summed E-state index contributed by atoms with van der Waals surface area (Å²) < 4.78 is 0. The molecule has 0 aliphatic heterocycles. The summed E-state index contributed by atoms with van der Waals surface area (Å²) in [5.41, 5.74) is 3.57. The first-order valence-corrected chi connectivity index (χ1v) is 5.56. The first-order chi connectivity index (χ1) is 8.22. The highest BCUT2D eigenvalue weighted by atomic mass is 35.5. The molecule has 2 N–H and O–H groups in total. The van der Waals surface area contributed by atoms with Gasteiger partial charge in [-0.1, -0.05) is 29.8 Å². The molecular weight excluding hydrogens is 234 g/mol. The maximum absolute atomic E-state index is 6.20. The van der Waals surface area contributed by atoms with E-state index in [-0.39, 0.29) is 0 Å². The van der Waals surface area contributed by atoms with E-state index >= 15 is 0 Å². The largest absolute Gasteiger partial charge is 0.323 e. The van der Waals surface area contributed by atoms with Crippen LogP contribution < -0.4 is 5.84 Å². The van der Waals surface area contributed by atoms with Gasteiger partial charge in [0.1, 0.15) is 0 Å². The van der Waals surface area contributed by atoms with E-state index in [1.807, 2.05) is 43.3 Å². The molecule has 0 unspecified atom stereocenters. The van der Waals surface area contributed by atoms with Crippen LogP contribution in [0.2, 0.25) is 5.02 Å². The Morgan fingerprint density at radius 2 is 2.00 bits per heavy atom. The van der Waals surface area contributed by atoms with E-state index in [4.69, 9.17) is 17.4 Å². The van der Waals surface area contributed by atoms with Gasteiger partial charge in [0.2, 0.25) is 0 Å². The Morgan fingerprint density at radius 1 is 1.24 bits per heavy atom. The molecule has 2 rings (SSSR count). The molecule has 0 aliphatic carbocycles. The molecule has 1 heterocycles. The van der Waals surface area contributed by atoms with Crippen molar-refractivity contribution in [2.24, 2.45) is 10.9 Å². The van der Waals surface area contributed by atoms with E-state index in [0.717, 1.165) is 16.8 Å². The number of aryl methyl sites for hydroxylation is 1. The van der Waals surface area contributed by atoms with E-state index in [0.29, 0.717) is 10.7 Å². The van der Waals surface area contributed by atoms with Crippen LogP contribution in [0.1, 0.15) is 11.3 Å². The van der Waals surface area contributed by atoms with Crippen molar-refractivity contribution in [3.05, 3.63) is 52.7 Å². The predicted octanol–water partition coefficient (Wildman–Crippen LogP) is 3.00. The monoisotopic (exact) mass is 245 g/mol. The number of nitrogens with two attached hydrogens (primary N) is 1. The number of hydrazone groups is 1. The van der Waals surface area contributed by atoms with Crippen LogP contribution in [-0.2, 0) is 0 Å². The summed E-state index contributed by atoms with van der Waals surface area (Å²) in [6.45, 7) is 2.01. The fraction of sp³-hybridized carbons (Fsp3) is 0.0769. The minimum Gasteiger partial charge on any atom is -0.323 e. The van der Waals surface area contributed by atoms with Gasteiger partial charge in [0.15, 0.2) is 0 Å². The van der Waals surface area contributed by atoms with Gasteiger partial charge in [-0.15, -0.1) is 0 Å². The van der Waals surface area contributed by atoms with Crippen LogP contribution in [0, 0.1) is 6.92 Å². The second kappa shape index (κ2) is 4.97. The normalized spacial score (nSPS) is 10.9. The molecule has 0 aliphatic rings. The maximum atomic E-state index is 6.20. The first kappa shape index (κ1) is 11.6. The van der Waals surface area contributed by atoms with Crippen LogP contribution in [-0.4, -0.2) is 11.2 Å². The molecule has 0 fully saturated rings. The molecule has 1 aromatic carbocycles. The lowest BCUT2D eigenvalue weighted by atomic mass is 10.0. The van der Waals surface area contributed by atoms with Gasteiger partial charge in [-0.05, 0) is 30.7 Å². The Morgan fingerprint density at radius 3 is 2.71 bits per heavy atom. The Bertz CT molecular complexity index is 544. The predicted molar refractivity (Wildman–Crippen MR) is 71.2 cm³/mol. The van der Waals surface area contributed by atoms with Gasteiger partial charge < -0.3 is 5.84 Å². The van der Waals surface area contributed by atoms with Crippen molar-refractivity contribution in [1.29, 1.82) is 0 Å². The molecule has 0 radical (unpaired) electrons. The Balaban J connectivity index is 2.56. The van der Waals surface area contributed by atoms with Crippen molar-refractivity contribution in [3.8, 4) is 11.3 Å². The van der Waals surface area contributed by atoms with Crippen LogP contribution in [0.3, 0.4) is 0 Å². The van der Waals surface area contributed by atoms with E-state index in [1.165, 1.54) is 6.21 Å². The number of rotatable bonds is 2. The first-order valence-electron chi connectivity index (χ1n) is 5.18. The van der Waals surface area contributed by atoms with Gasteiger partial charge >= 0.3 is 0 Å². The third-order valence-corrected chi connectivity index (χ3v) is 2.77. The molecule has 0 saturated carbocycles. The summed E-state index contributed by atoms with van der Waals surface area (Å²) in [7, 11) is 0. The van der Waals surface area contributed by atoms with Gasteiger partial charge in [-0.3, -0.25) is 0 Å². The van der Waals surface area contributed by atoms with Crippen molar-refractivity contribution in [3.63, 3.8) is 0 Å². The molecule has 3 nitrogen and oxygen atoms in total. The SMILES string of the molecule is Cc1cccc(Cl)c1-c1cccc(/C=N\N)n1. The fourth-order valence-corrected chi connectivity index (χ4v) is 2.01. The number of halogens is 1. The lowest BCUT2D eigenvalue weighted by molar-refractivity contribution is 1.23. The van der Waals surface area contributed by atoms with E-state index in [2.05, 4.69) is 10.1 Å². The van der Waals surface area contributed by atoms with E-state index in [9.17, 15) is 0 Å². The Kier molecular flexibility index (Phi) is 3.40. The second-order valence-corrected chi connectivity index (χ2v) is 4.06. The van der Waals surface area contributed by atoms with Crippen molar-refractivity contribution < 1.29 is 0 Å². The summed E-state index contributed by atoms with van der Waals surface area (Å²) in [4.78, 5) is 4.44. The maximum Gasteiger partial charge on any atom is 0.0837 e. The second-order valence-electron chi connectivity index (χ2n) is 3.66. The molecule has 4 heteroatoms. The zero-order valence-corrected chi connectivity index (χ0v) is 10.1. The molecule has 0 amide bonds. The molecule has 0 saturated heterocycles. The number of hydrogen-bond donors (Lipinski definition) is 1. The lowest BCUT2D eigenvalue weighted by Crippen LogP contribution is -1.94. The molecule has 17 heavy (non-hydrogen) atoms. The Hall–Kier alpha value is -1.87. The third kappa shape index (κ3) is 2.45. The highest BCUT2D eigenvalue weighted by Crippen LogP contribution is 2.29. The van der Waals surface area contributed by atoms with Crippen LogP contribution in [0.25, 0.3) is 11.3 Å². The fourth-order valence-electron chi connectivity index (χ4n) is 1.70. The van der Waals surface area contributed by atoms with Crippen LogP contribution in [0.5, 0.6) is 0 Å². The molecule has 86 valence electrons. The molecule has 0 spiro atoms. The number of nitrogens with zero attached hydrogens (tertiary/aromatic N) is 2. The van der Waals surface area contributed by atoms with Gasteiger partial charge in [-0.25, -0.2) is 4.98 Å². The number of aromatic nitrogens is 1. The van der Waals surface area contributed by atoms with Crippen molar-refractivity contribution >= 4 is 17.8 Å². The standard InChI is InChI=1S/C13H12ClN3/c1-9-4-2-6-11(14)13(9)12-7-3-5-10(17-12)8-16-15/h2-8H,15H2,1H3/b16-8-. The van der Waals surface area contributed by atoms with Crippen molar-refractivity contribution in [1.82, 2.24) is 4.98 Å². The van der Waals surface area contributed by atoms with E-state index in [1.54, 1.807) is 0 Å². The van der Waals surface area contributed by atoms with Crippen molar-refractivity contribution in [2.45, 2.75) is 6.92 Å². The average molecular weight is 246 g/mol. The molecule has 0 bridgehead atoms. The van der Waals surface area contributed by atoms with Crippen LogP contribution >= 0.6 is 11.6 Å². The van der Waals surface area contributed by atoms with Gasteiger partial charge in [0.25, 0.3) is 0 Å².